The van der Waals surface area contributed by atoms with Crippen LogP contribution < -0.4 is 10.2 Å². The minimum absolute atomic E-state index is 0.0800. The maximum atomic E-state index is 13.1. The van der Waals surface area contributed by atoms with Crippen LogP contribution in [0.1, 0.15) is 26.6 Å². The fraction of sp³-hybridized carbons (Fsp3) is 0. The summed E-state index contributed by atoms with van der Waals surface area (Å²) in [6, 6.07) is 25.6. The highest BCUT2D eigenvalue weighted by atomic mass is 79.9. The standard InChI is InChI=1S/C27H18BrN3O4/c28-19-12-13-22(35-27(33)23-11-6-14-34-23)18(15-19)16-29-31-26(32)25-24(17-7-2-1-3-8-17)20-9-4-5-10-21(20)30-25/h1-16,30H,(H,31,32). The van der Waals surface area contributed by atoms with E-state index in [9.17, 15) is 9.59 Å². The van der Waals surface area contributed by atoms with E-state index in [1.54, 1.807) is 24.3 Å². The molecule has 0 bridgehead atoms. The Morgan fingerprint density at radius 2 is 1.77 bits per heavy atom. The van der Waals surface area contributed by atoms with Gasteiger partial charge in [0, 0.05) is 26.5 Å². The summed E-state index contributed by atoms with van der Waals surface area (Å²) in [5, 5.41) is 5.05. The highest BCUT2D eigenvalue weighted by molar-refractivity contribution is 9.10. The third-order valence-corrected chi connectivity index (χ3v) is 5.76. The number of fused-ring (bicyclic) bond motifs is 1. The van der Waals surface area contributed by atoms with E-state index in [-0.39, 0.29) is 11.5 Å². The van der Waals surface area contributed by atoms with E-state index in [2.05, 4.69) is 31.4 Å². The molecule has 0 spiro atoms. The Balaban J connectivity index is 1.41. The number of aromatic nitrogens is 1. The van der Waals surface area contributed by atoms with Crippen LogP contribution in [0.4, 0.5) is 0 Å². The lowest BCUT2D eigenvalue weighted by Gasteiger charge is -2.07. The number of carbonyl (C=O) groups is 2. The van der Waals surface area contributed by atoms with E-state index in [0.29, 0.717) is 11.3 Å². The van der Waals surface area contributed by atoms with Gasteiger partial charge in [-0.3, -0.25) is 4.79 Å². The van der Waals surface area contributed by atoms with Gasteiger partial charge in [0.2, 0.25) is 5.76 Å². The zero-order valence-electron chi connectivity index (χ0n) is 18.2. The molecule has 0 aliphatic rings. The summed E-state index contributed by atoms with van der Waals surface area (Å²) in [7, 11) is 0. The van der Waals surface area contributed by atoms with E-state index >= 15 is 0 Å². The minimum Gasteiger partial charge on any atom is -0.457 e. The van der Waals surface area contributed by atoms with Crippen molar-refractivity contribution in [3.8, 4) is 16.9 Å². The van der Waals surface area contributed by atoms with Crippen LogP contribution in [0.5, 0.6) is 5.75 Å². The zero-order valence-corrected chi connectivity index (χ0v) is 19.8. The first-order chi connectivity index (χ1) is 17.1. The summed E-state index contributed by atoms with van der Waals surface area (Å²) in [6.45, 7) is 0. The van der Waals surface area contributed by atoms with Crippen LogP contribution in [0.3, 0.4) is 0 Å². The first-order valence-corrected chi connectivity index (χ1v) is 11.4. The van der Waals surface area contributed by atoms with Gasteiger partial charge in [0.25, 0.3) is 5.91 Å². The number of H-pyrrole nitrogens is 1. The summed E-state index contributed by atoms with van der Waals surface area (Å²) in [6.07, 6.45) is 2.81. The molecule has 0 fully saturated rings. The number of carbonyl (C=O) groups excluding carboxylic acids is 2. The number of halogens is 1. The number of rotatable bonds is 6. The lowest BCUT2D eigenvalue weighted by molar-refractivity contribution is 0.0700. The Labute approximate surface area is 208 Å². The maximum Gasteiger partial charge on any atom is 0.379 e. The lowest BCUT2D eigenvalue weighted by Crippen LogP contribution is -2.19. The van der Waals surface area contributed by atoms with Crippen LogP contribution in [0.25, 0.3) is 22.0 Å². The highest BCUT2D eigenvalue weighted by Gasteiger charge is 2.19. The van der Waals surface area contributed by atoms with Crippen LogP contribution in [0.2, 0.25) is 0 Å². The molecule has 8 heteroatoms. The molecule has 5 aromatic rings. The van der Waals surface area contributed by atoms with Gasteiger partial charge in [-0.25, -0.2) is 10.2 Å². The Hall–Kier alpha value is -4.43. The summed E-state index contributed by atoms with van der Waals surface area (Å²) >= 11 is 3.40. The van der Waals surface area contributed by atoms with Crippen molar-refractivity contribution in [2.24, 2.45) is 5.10 Å². The number of ether oxygens (including phenoxy) is 1. The largest absolute Gasteiger partial charge is 0.457 e. The Kier molecular flexibility index (Phi) is 6.28. The molecular formula is C27H18BrN3O4. The molecule has 5 rings (SSSR count). The predicted octanol–water partition coefficient (Wildman–Crippen LogP) is 6.17. The Bertz CT molecular complexity index is 1540. The van der Waals surface area contributed by atoms with Crippen molar-refractivity contribution in [1.29, 1.82) is 0 Å². The van der Waals surface area contributed by atoms with Gasteiger partial charge >= 0.3 is 5.97 Å². The monoisotopic (exact) mass is 527 g/mol. The third kappa shape index (κ3) is 4.78. The van der Waals surface area contributed by atoms with Crippen LogP contribution >= 0.6 is 15.9 Å². The molecule has 2 aromatic heterocycles. The number of aromatic amines is 1. The van der Waals surface area contributed by atoms with Crippen molar-refractivity contribution in [3.05, 3.63) is 113 Å². The van der Waals surface area contributed by atoms with Gasteiger partial charge in [-0.1, -0.05) is 64.5 Å². The molecule has 0 radical (unpaired) electrons. The van der Waals surface area contributed by atoms with Gasteiger partial charge < -0.3 is 14.1 Å². The van der Waals surface area contributed by atoms with Gasteiger partial charge in [-0.2, -0.15) is 5.10 Å². The van der Waals surface area contributed by atoms with Crippen molar-refractivity contribution in [2.75, 3.05) is 0 Å². The van der Waals surface area contributed by atoms with Crippen LogP contribution in [0, 0.1) is 0 Å². The average molecular weight is 528 g/mol. The van der Waals surface area contributed by atoms with E-state index in [4.69, 9.17) is 9.15 Å². The quantitative estimate of drug-likeness (QED) is 0.119. The molecule has 0 saturated carbocycles. The summed E-state index contributed by atoms with van der Waals surface area (Å²) < 4.78 is 11.3. The third-order valence-electron chi connectivity index (χ3n) is 5.26. The van der Waals surface area contributed by atoms with Crippen molar-refractivity contribution >= 4 is 44.9 Å². The van der Waals surface area contributed by atoms with Gasteiger partial charge in [0.15, 0.2) is 0 Å². The molecule has 0 unspecified atom stereocenters. The first-order valence-electron chi connectivity index (χ1n) is 10.6. The molecule has 2 heterocycles. The van der Waals surface area contributed by atoms with E-state index in [0.717, 1.165) is 26.5 Å². The van der Waals surface area contributed by atoms with Crippen molar-refractivity contribution in [1.82, 2.24) is 10.4 Å². The van der Waals surface area contributed by atoms with Gasteiger partial charge in [0.05, 0.1) is 12.5 Å². The minimum atomic E-state index is -0.637. The fourth-order valence-electron chi connectivity index (χ4n) is 3.69. The molecular weight excluding hydrogens is 510 g/mol. The van der Waals surface area contributed by atoms with Crippen LogP contribution in [-0.4, -0.2) is 23.1 Å². The smallest absolute Gasteiger partial charge is 0.379 e. The van der Waals surface area contributed by atoms with E-state index in [1.165, 1.54) is 18.5 Å². The first kappa shape index (κ1) is 22.4. The maximum absolute atomic E-state index is 13.1. The number of amides is 1. The SMILES string of the molecule is O=C(Oc1ccc(Br)cc1C=NNC(=O)c1[nH]c2ccccc2c1-c1ccccc1)c1ccco1. The molecule has 1 amide bonds. The van der Waals surface area contributed by atoms with Crippen molar-refractivity contribution in [3.63, 3.8) is 0 Å². The normalized spacial score (nSPS) is 11.1. The summed E-state index contributed by atoms with van der Waals surface area (Å²) in [4.78, 5) is 28.6. The molecule has 0 atom stereocenters. The number of hydrogen-bond acceptors (Lipinski definition) is 5. The second-order valence-electron chi connectivity index (χ2n) is 7.53. The van der Waals surface area contributed by atoms with Crippen molar-refractivity contribution in [2.45, 2.75) is 0 Å². The second kappa shape index (κ2) is 9.82. The number of hydrogen-bond donors (Lipinski definition) is 2. The van der Waals surface area contributed by atoms with Gasteiger partial charge in [0.1, 0.15) is 11.4 Å². The van der Waals surface area contributed by atoms with Gasteiger partial charge in [-0.15, -0.1) is 0 Å². The van der Waals surface area contributed by atoms with Gasteiger partial charge in [-0.05, 0) is 42.0 Å². The Morgan fingerprint density at radius 1 is 0.971 bits per heavy atom. The molecule has 172 valence electrons. The fourth-order valence-corrected chi connectivity index (χ4v) is 4.07. The molecule has 3 aromatic carbocycles. The summed E-state index contributed by atoms with van der Waals surface area (Å²) in [5.41, 5.74) is 6.01. The van der Waals surface area contributed by atoms with Crippen molar-refractivity contribution < 1.29 is 18.7 Å². The Morgan fingerprint density at radius 3 is 2.57 bits per heavy atom. The number of nitrogens with zero attached hydrogens (tertiary/aromatic N) is 1. The molecule has 35 heavy (non-hydrogen) atoms. The molecule has 7 nitrogen and oxygen atoms in total. The number of esters is 1. The highest BCUT2D eigenvalue weighted by Crippen LogP contribution is 2.32. The van der Waals surface area contributed by atoms with Crippen LogP contribution in [-0.2, 0) is 0 Å². The molecule has 2 N–H and O–H groups in total. The van der Waals surface area contributed by atoms with Crippen LogP contribution in [0.15, 0.2) is 105 Å². The summed E-state index contributed by atoms with van der Waals surface area (Å²) in [5.74, 6) is -0.693. The number of nitrogens with one attached hydrogen (secondary N) is 2. The van der Waals surface area contributed by atoms with E-state index < -0.39 is 11.9 Å². The number of para-hydroxylation sites is 1. The second-order valence-corrected chi connectivity index (χ2v) is 8.45. The topological polar surface area (TPSA) is 96.7 Å². The molecule has 0 aliphatic heterocycles. The number of hydrazone groups is 1. The number of furan rings is 1. The van der Waals surface area contributed by atoms with E-state index in [1.807, 2.05) is 54.6 Å². The lowest BCUT2D eigenvalue weighted by atomic mass is 10.0. The molecule has 0 aliphatic carbocycles. The zero-order chi connectivity index (χ0) is 24.2. The number of benzene rings is 3. The molecule has 0 saturated heterocycles. The average Bonchev–Trinajstić information content (AvgIpc) is 3.55. The predicted molar refractivity (Wildman–Crippen MR) is 137 cm³/mol.